The summed E-state index contributed by atoms with van der Waals surface area (Å²) >= 11 is 0. The number of aromatic nitrogens is 1. The largest absolute Gasteiger partial charge is 0.506 e. The van der Waals surface area contributed by atoms with Crippen LogP contribution in [0, 0.1) is 12.8 Å². The Morgan fingerprint density at radius 1 is 1.47 bits per heavy atom. The normalized spacial score (nSPS) is 24.9. The fourth-order valence-electron chi connectivity index (χ4n) is 2.04. The van der Waals surface area contributed by atoms with Crippen molar-refractivity contribution in [2.45, 2.75) is 39.3 Å². The second-order valence-corrected chi connectivity index (χ2v) is 4.57. The summed E-state index contributed by atoms with van der Waals surface area (Å²) in [6.45, 7) is 4.87. The van der Waals surface area contributed by atoms with Gasteiger partial charge >= 0.3 is 0 Å². The van der Waals surface area contributed by atoms with Gasteiger partial charge in [-0.15, -0.1) is 0 Å². The Balaban J connectivity index is 1.90. The van der Waals surface area contributed by atoms with Crippen molar-refractivity contribution in [1.82, 2.24) is 10.3 Å². The molecule has 1 aliphatic carbocycles. The summed E-state index contributed by atoms with van der Waals surface area (Å²) in [5.41, 5.74) is 1.71. The van der Waals surface area contributed by atoms with Crippen LogP contribution in [0.5, 0.6) is 5.75 Å². The summed E-state index contributed by atoms with van der Waals surface area (Å²) in [4.78, 5) is 4.31. The molecule has 82 valence electrons. The van der Waals surface area contributed by atoms with E-state index in [0.717, 1.165) is 17.3 Å². The Labute approximate surface area is 90.5 Å². The summed E-state index contributed by atoms with van der Waals surface area (Å²) in [7, 11) is 0. The zero-order valence-electron chi connectivity index (χ0n) is 9.33. The third kappa shape index (κ3) is 2.48. The van der Waals surface area contributed by atoms with Gasteiger partial charge in [-0.05, 0) is 37.8 Å². The van der Waals surface area contributed by atoms with Crippen molar-refractivity contribution in [1.29, 1.82) is 0 Å². The third-order valence-corrected chi connectivity index (χ3v) is 3.02. The maximum atomic E-state index is 9.59. The molecule has 1 aromatic heterocycles. The molecule has 0 aliphatic heterocycles. The van der Waals surface area contributed by atoms with Crippen molar-refractivity contribution in [3.05, 3.63) is 23.5 Å². The number of rotatable bonds is 3. The van der Waals surface area contributed by atoms with Gasteiger partial charge in [-0.1, -0.05) is 6.92 Å². The second-order valence-electron chi connectivity index (χ2n) is 4.57. The van der Waals surface area contributed by atoms with Gasteiger partial charge in [0.1, 0.15) is 5.75 Å². The third-order valence-electron chi connectivity index (χ3n) is 3.02. The highest BCUT2D eigenvalue weighted by Crippen LogP contribution is 2.26. The Hall–Kier alpha value is -1.09. The monoisotopic (exact) mass is 206 g/mol. The average molecular weight is 206 g/mol. The fraction of sp³-hybridized carbons (Fsp3) is 0.583. The van der Waals surface area contributed by atoms with Gasteiger partial charge in [-0.3, -0.25) is 4.98 Å². The van der Waals surface area contributed by atoms with Gasteiger partial charge in [0.25, 0.3) is 0 Å². The molecular weight excluding hydrogens is 188 g/mol. The first-order chi connectivity index (χ1) is 7.15. The molecule has 0 saturated heterocycles. The predicted octanol–water partition coefficient (Wildman–Crippen LogP) is 1.98. The Kier molecular flexibility index (Phi) is 2.91. The lowest BCUT2D eigenvalue weighted by atomic mass is 9.82. The van der Waals surface area contributed by atoms with E-state index < -0.39 is 0 Å². The molecule has 3 nitrogen and oxygen atoms in total. The van der Waals surface area contributed by atoms with Gasteiger partial charge in [-0.25, -0.2) is 0 Å². The topological polar surface area (TPSA) is 45.1 Å². The first-order valence-electron chi connectivity index (χ1n) is 5.54. The smallest absolute Gasteiger partial charge is 0.138 e. The van der Waals surface area contributed by atoms with Crippen molar-refractivity contribution >= 4 is 0 Å². The second kappa shape index (κ2) is 4.19. The number of hydrogen-bond donors (Lipinski definition) is 2. The lowest BCUT2D eigenvalue weighted by molar-refractivity contribution is 0.239. The minimum absolute atomic E-state index is 0.292. The molecule has 0 unspecified atom stereocenters. The van der Waals surface area contributed by atoms with Crippen LogP contribution >= 0.6 is 0 Å². The first-order valence-corrected chi connectivity index (χ1v) is 5.54. The Morgan fingerprint density at radius 3 is 2.87 bits per heavy atom. The zero-order valence-corrected chi connectivity index (χ0v) is 9.33. The summed E-state index contributed by atoms with van der Waals surface area (Å²) in [5, 5.41) is 13.0. The van der Waals surface area contributed by atoms with Gasteiger partial charge in [0.15, 0.2) is 0 Å². The number of aromatic hydroxyl groups is 1. The SMILES string of the molecule is Cc1ccc(O)c(CNC2CC(C)C2)n1. The lowest BCUT2D eigenvalue weighted by Gasteiger charge is -2.33. The molecule has 1 aliphatic rings. The highest BCUT2D eigenvalue weighted by atomic mass is 16.3. The van der Waals surface area contributed by atoms with Gasteiger partial charge < -0.3 is 10.4 Å². The van der Waals surface area contributed by atoms with Crippen molar-refractivity contribution in [2.75, 3.05) is 0 Å². The number of aryl methyl sites for hydroxylation is 1. The molecule has 1 fully saturated rings. The standard InChI is InChI=1S/C12H18N2O/c1-8-5-10(6-8)13-7-11-12(15)4-3-9(2)14-11/h3-4,8,10,13,15H,5-7H2,1-2H3. The maximum Gasteiger partial charge on any atom is 0.138 e. The van der Waals surface area contributed by atoms with Crippen LogP contribution in [-0.2, 0) is 6.54 Å². The maximum absolute atomic E-state index is 9.59. The average Bonchev–Trinajstić information content (AvgIpc) is 2.16. The van der Waals surface area contributed by atoms with E-state index in [0.29, 0.717) is 18.3 Å². The summed E-state index contributed by atoms with van der Waals surface area (Å²) in [6.07, 6.45) is 2.49. The van der Waals surface area contributed by atoms with Gasteiger partial charge in [0.2, 0.25) is 0 Å². The lowest BCUT2D eigenvalue weighted by Crippen LogP contribution is -2.39. The van der Waals surface area contributed by atoms with Crippen molar-refractivity contribution in [3.8, 4) is 5.75 Å². The molecule has 0 aromatic carbocycles. The molecule has 0 amide bonds. The van der Waals surface area contributed by atoms with Crippen LogP contribution < -0.4 is 5.32 Å². The van der Waals surface area contributed by atoms with E-state index in [1.807, 2.05) is 13.0 Å². The van der Waals surface area contributed by atoms with Gasteiger partial charge in [0, 0.05) is 18.3 Å². The molecule has 0 spiro atoms. The molecule has 2 N–H and O–H groups in total. The highest BCUT2D eigenvalue weighted by Gasteiger charge is 2.24. The minimum atomic E-state index is 0.292. The molecule has 0 bridgehead atoms. The molecular formula is C12H18N2O. The molecule has 1 heterocycles. The van der Waals surface area contributed by atoms with Crippen molar-refractivity contribution < 1.29 is 5.11 Å². The minimum Gasteiger partial charge on any atom is -0.506 e. The molecule has 3 heteroatoms. The van der Waals surface area contributed by atoms with Crippen LogP contribution in [0.15, 0.2) is 12.1 Å². The van der Waals surface area contributed by atoms with E-state index >= 15 is 0 Å². The van der Waals surface area contributed by atoms with E-state index in [1.165, 1.54) is 12.8 Å². The van der Waals surface area contributed by atoms with E-state index in [9.17, 15) is 5.11 Å². The summed E-state index contributed by atoms with van der Waals surface area (Å²) in [5.74, 6) is 1.14. The first kappa shape index (κ1) is 10.4. The van der Waals surface area contributed by atoms with Crippen molar-refractivity contribution in [2.24, 2.45) is 5.92 Å². The Morgan fingerprint density at radius 2 is 2.20 bits per heavy atom. The van der Waals surface area contributed by atoms with E-state index in [1.54, 1.807) is 6.07 Å². The fourth-order valence-corrected chi connectivity index (χ4v) is 2.04. The molecule has 1 saturated carbocycles. The molecule has 15 heavy (non-hydrogen) atoms. The van der Waals surface area contributed by atoms with Crippen molar-refractivity contribution in [3.63, 3.8) is 0 Å². The molecule has 0 atom stereocenters. The van der Waals surface area contributed by atoms with E-state index in [4.69, 9.17) is 0 Å². The number of nitrogens with zero attached hydrogens (tertiary/aromatic N) is 1. The molecule has 0 radical (unpaired) electrons. The quantitative estimate of drug-likeness (QED) is 0.795. The van der Waals surface area contributed by atoms with Crippen LogP contribution in [-0.4, -0.2) is 16.1 Å². The van der Waals surface area contributed by atoms with Crippen LogP contribution in [0.2, 0.25) is 0 Å². The van der Waals surface area contributed by atoms with Gasteiger partial charge in [0.05, 0.1) is 5.69 Å². The molecule has 1 aromatic rings. The summed E-state index contributed by atoms with van der Waals surface area (Å²) < 4.78 is 0. The number of nitrogens with one attached hydrogen (secondary N) is 1. The predicted molar refractivity (Wildman–Crippen MR) is 59.7 cm³/mol. The number of pyridine rings is 1. The van der Waals surface area contributed by atoms with Gasteiger partial charge in [-0.2, -0.15) is 0 Å². The van der Waals surface area contributed by atoms with E-state index in [-0.39, 0.29) is 0 Å². The highest BCUT2D eigenvalue weighted by molar-refractivity contribution is 5.27. The van der Waals surface area contributed by atoms with Crippen LogP contribution in [0.3, 0.4) is 0 Å². The van der Waals surface area contributed by atoms with E-state index in [2.05, 4.69) is 17.2 Å². The molecule has 2 rings (SSSR count). The summed E-state index contributed by atoms with van der Waals surface area (Å²) in [6, 6.07) is 4.15. The zero-order chi connectivity index (χ0) is 10.8. The van der Waals surface area contributed by atoms with Crippen LogP contribution in [0.25, 0.3) is 0 Å². The Bertz CT molecular complexity index is 345. The van der Waals surface area contributed by atoms with Crippen LogP contribution in [0.4, 0.5) is 0 Å². The number of hydrogen-bond acceptors (Lipinski definition) is 3. The van der Waals surface area contributed by atoms with Crippen LogP contribution in [0.1, 0.15) is 31.2 Å².